The first-order valence-electron chi connectivity index (χ1n) is 4.14. The van der Waals surface area contributed by atoms with Gasteiger partial charge in [-0.1, -0.05) is 6.07 Å². The number of benzene rings is 1. The molecule has 0 aromatic heterocycles. The van der Waals surface area contributed by atoms with Crippen LogP contribution >= 0.6 is 22.6 Å². The van der Waals surface area contributed by atoms with Gasteiger partial charge in [0, 0.05) is 3.57 Å². The van der Waals surface area contributed by atoms with Crippen molar-refractivity contribution < 1.29 is 4.74 Å². The Morgan fingerprint density at radius 2 is 2.17 bits per heavy atom. The molecule has 64 valence electrons. The van der Waals surface area contributed by atoms with Crippen molar-refractivity contribution in [3.8, 4) is 5.75 Å². The molecule has 1 aromatic rings. The van der Waals surface area contributed by atoms with Crippen molar-refractivity contribution in [2.75, 3.05) is 7.11 Å². The number of hydrogen-bond donors (Lipinski definition) is 0. The monoisotopic (exact) mass is 274 g/mol. The summed E-state index contributed by atoms with van der Waals surface area (Å²) in [4.78, 5) is 0. The lowest BCUT2D eigenvalue weighted by atomic mass is 10.1. The molecule has 1 aliphatic rings. The molecule has 0 amide bonds. The fraction of sp³-hybridized carbons (Fsp3) is 0.400. The van der Waals surface area contributed by atoms with E-state index in [1.54, 1.807) is 7.11 Å². The number of hydrogen-bond acceptors (Lipinski definition) is 1. The summed E-state index contributed by atoms with van der Waals surface area (Å²) in [6.45, 7) is 0. The lowest BCUT2D eigenvalue weighted by molar-refractivity contribution is 0.409. The molecule has 0 heterocycles. The zero-order valence-electron chi connectivity index (χ0n) is 7.01. The second kappa shape index (κ2) is 3.24. The Kier molecular flexibility index (Phi) is 2.26. The fourth-order valence-electron chi connectivity index (χ4n) is 1.42. The average molecular weight is 274 g/mol. The Balaban J connectivity index is 2.38. The predicted octanol–water partition coefficient (Wildman–Crippen LogP) is 3.18. The maximum Gasteiger partial charge on any atom is 0.123 e. The lowest BCUT2D eigenvalue weighted by Crippen LogP contribution is -1.90. The van der Waals surface area contributed by atoms with Crippen molar-refractivity contribution in [3.05, 3.63) is 27.3 Å². The van der Waals surface area contributed by atoms with Crippen molar-refractivity contribution in [3.63, 3.8) is 0 Å². The molecule has 1 fully saturated rings. The van der Waals surface area contributed by atoms with Gasteiger partial charge in [0.15, 0.2) is 0 Å². The van der Waals surface area contributed by atoms with E-state index >= 15 is 0 Å². The molecule has 0 spiro atoms. The Morgan fingerprint density at radius 1 is 1.42 bits per heavy atom. The minimum absolute atomic E-state index is 0.775. The van der Waals surface area contributed by atoms with Crippen LogP contribution in [0, 0.1) is 3.57 Å². The van der Waals surface area contributed by atoms with Crippen molar-refractivity contribution in [1.82, 2.24) is 0 Å². The van der Waals surface area contributed by atoms with E-state index in [4.69, 9.17) is 4.74 Å². The number of ether oxygens (including phenoxy) is 1. The van der Waals surface area contributed by atoms with Gasteiger partial charge < -0.3 is 4.74 Å². The number of halogens is 1. The van der Waals surface area contributed by atoms with Crippen molar-refractivity contribution >= 4 is 22.6 Å². The van der Waals surface area contributed by atoms with E-state index in [0.717, 1.165) is 11.7 Å². The maximum absolute atomic E-state index is 5.32. The minimum Gasteiger partial charge on any atom is -0.496 e. The number of rotatable bonds is 2. The third kappa shape index (κ3) is 1.58. The molecule has 0 radical (unpaired) electrons. The van der Waals surface area contributed by atoms with Crippen molar-refractivity contribution in [1.29, 1.82) is 0 Å². The Morgan fingerprint density at radius 3 is 2.75 bits per heavy atom. The van der Waals surface area contributed by atoms with Crippen LogP contribution in [0.2, 0.25) is 0 Å². The van der Waals surface area contributed by atoms with Crippen LogP contribution in [0.1, 0.15) is 24.3 Å². The molecule has 0 aliphatic heterocycles. The third-order valence-electron chi connectivity index (χ3n) is 2.21. The molecule has 0 saturated heterocycles. The predicted molar refractivity (Wildman–Crippen MR) is 57.7 cm³/mol. The topological polar surface area (TPSA) is 9.23 Å². The van der Waals surface area contributed by atoms with Gasteiger partial charge in [0.1, 0.15) is 5.75 Å². The van der Waals surface area contributed by atoms with Crippen molar-refractivity contribution in [2.24, 2.45) is 0 Å². The molecule has 0 atom stereocenters. The van der Waals surface area contributed by atoms with E-state index in [1.165, 1.54) is 22.0 Å². The second-order valence-electron chi connectivity index (χ2n) is 3.16. The molecule has 2 rings (SSSR count). The summed E-state index contributed by atoms with van der Waals surface area (Å²) >= 11 is 2.31. The van der Waals surface area contributed by atoms with E-state index in [9.17, 15) is 0 Å². The highest BCUT2D eigenvalue weighted by atomic mass is 127. The van der Waals surface area contributed by atoms with Gasteiger partial charge in [0.25, 0.3) is 0 Å². The largest absolute Gasteiger partial charge is 0.496 e. The maximum atomic E-state index is 5.32. The Bertz CT molecular complexity index is 292. The smallest absolute Gasteiger partial charge is 0.123 e. The van der Waals surface area contributed by atoms with E-state index in [2.05, 4.69) is 40.8 Å². The van der Waals surface area contributed by atoms with Crippen LogP contribution in [-0.4, -0.2) is 7.11 Å². The Hall–Kier alpha value is -0.250. The molecule has 12 heavy (non-hydrogen) atoms. The van der Waals surface area contributed by atoms with Gasteiger partial charge in [-0.15, -0.1) is 0 Å². The summed E-state index contributed by atoms with van der Waals surface area (Å²) in [5, 5.41) is 0. The van der Waals surface area contributed by atoms with Gasteiger partial charge in [-0.2, -0.15) is 0 Å². The molecule has 0 bridgehead atoms. The number of methoxy groups -OCH3 is 1. The average Bonchev–Trinajstić information content (AvgIpc) is 2.87. The summed E-state index contributed by atoms with van der Waals surface area (Å²) in [5.74, 6) is 1.83. The van der Waals surface area contributed by atoms with Gasteiger partial charge in [0.2, 0.25) is 0 Å². The van der Waals surface area contributed by atoms with Crippen LogP contribution in [0.4, 0.5) is 0 Å². The highest BCUT2D eigenvalue weighted by molar-refractivity contribution is 14.1. The van der Waals surface area contributed by atoms with E-state index in [-0.39, 0.29) is 0 Å². The van der Waals surface area contributed by atoms with Crippen LogP contribution in [0.15, 0.2) is 18.2 Å². The molecule has 1 aromatic carbocycles. The first-order chi connectivity index (χ1) is 5.81. The molecule has 1 nitrogen and oxygen atoms in total. The second-order valence-corrected chi connectivity index (χ2v) is 4.41. The standard InChI is InChI=1S/C10H11IO/c1-12-10-6-8(11)4-5-9(10)7-2-3-7/h4-7H,2-3H2,1H3. The highest BCUT2D eigenvalue weighted by Gasteiger charge is 2.26. The van der Waals surface area contributed by atoms with Crippen molar-refractivity contribution in [2.45, 2.75) is 18.8 Å². The van der Waals surface area contributed by atoms with E-state index in [0.29, 0.717) is 0 Å². The molecule has 0 unspecified atom stereocenters. The highest BCUT2D eigenvalue weighted by Crippen LogP contribution is 2.44. The minimum atomic E-state index is 0.775. The molecular weight excluding hydrogens is 263 g/mol. The summed E-state index contributed by atoms with van der Waals surface area (Å²) in [7, 11) is 1.75. The molecule has 0 N–H and O–H groups in total. The molecule has 1 aliphatic carbocycles. The van der Waals surface area contributed by atoms with Crippen LogP contribution in [-0.2, 0) is 0 Å². The SMILES string of the molecule is COc1cc(I)ccc1C1CC1. The zero-order valence-corrected chi connectivity index (χ0v) is 9.17. The van der Waals surface area contributed by atoms with Gasteiger partial charge in [-0.3, -0.25) is 0 Å². The first-order valence-corrected chi connectivity index (χ1v) is 5.22. The van der Waals surface area contributed by atoms with Crippen LogP contribution in [0.3, 0.4) is 0 Å². The van der Waals surface area contributed by atoms with Gasteiger partial charge in [-0.05, 0) is 59.0 Å². The molecule has 1 saturated carbocycles. The van der Waals surface area contributed by atoms with Crippen LogP contribution in [0.25, 0.3) is 0 Å². The van der Waals surface area contributed by atoms with E-state index < -0.39 is 0 Å². The third-order valence-corrected chi connectivity index (χ3v) is 2.88. The van der Waals surface area contributed by atoms with Gasteiger partial charge in [0.05, 0.1) is 7.11 Å². The normalized spacial score (nSPS) is 16.2. The summed E-state index contributed by atoms with van der Waals surface area (Å²) in [6, 6.07) is 6.45. The quantitative estimate of drug-likeness (QED) is 0.753. The van der Waals surface area contributed by atoms with Gasteiger partial charge in [-0.25, -0.2) is 0 Å². The lowest BCUT2D eigenvalue weighted by Gasteiger charge is -2.06. The van der Waals surface area contributed by atoms with Crippen LogP contribution in [0.5, 0.6) is 5.75 Å². The molecule has 2 heteroatoms. The molecular formula is C10H11IO. The fourth-order valence-corrected chi connectivity index (χ4v) is 1.88. The van der Waals surface area contributed by atoms with Gasteiger partial charge >= 0.3 is 0 Å². The summed E-state index contributed by atoms with van der Waals surface area (Å²) in [6.07, 6.45) is 2.66. The first kappa shape index (κ1) is 8.35. The summed E-state index contributed by atoms with van der Waals surface area (Å²) in [5.41, 5.74) is 1.39. The summed E-state index contributed by atoms with van der Waals surface area (Å²) < 4.78 is 6.57. The van der Waals surface area contributed by atoms with Crippen LogP contribution < -0.4 is 4.74 Å². The zero-order chi connectivity index (χ0) is 8.55. The van der Waals surface area contributed by atoms with E-state index in [1.807, 2.05) is 0 Å². The Labute approximate surface area is 86.3 Å².